The average Bonchev–Trinajstić information content (AvgIpc) is 2.28. The van der Waals surface area contributed by atoms with Gasteiger partial charge in [-0.25, -0.2) is 4.39 Å². The lowest BCUT2D eigenvalue weighted by molar-refractivity contribution is -0.385. The van der Waals surface area contributed by atoms with Crippen LogP contribution >= 0.6 is 0 Å². The maximum absolute atomic E-state index is 13.1. The van der Waals surface area contributed by atoms with Gasteiger partial charge in [-0.15, -0.1) is 0 Å². The molecule has 6 nitrogen and oxygen atoms in total. The molecule has 1 aromatic carbocycles. The van der Waals surface area contributed by atoms with Crippen LogP contribution in [0, 0.1) is 15.9 Å². The summed E-state index contributed by atoms with van der Waals surface area (Å²) in [6.07, 6.45) is -4.66. The van der Waals surface area contributed by atoms with E-state index < -0.39 is 46.3 Å². The molecule has 0 atom stereocenters. The smallest absolute Gasteiger partial charge is 0.396 e. The number of hydrogen-bond donors (Lipinski definition) is 1. The fourth-order valence-electron chi connectivity index (χ4n) is 1.45. The lowest BCUT2D eigenvalue weighted by Gasteiger charge is -2.19. The second kappa shape index (κ2) is 5.31. The van der Waals surface area contributed by atoms with Crippen molar-refractivity contribution in [2.45, 2.75) is 6.18 Å². The van der Waals surface area contributed by atoms with Crippen molar-refractivity contribution in [2.75, 3.05) is 19.3 Å². The summed E-state index contributed by atoms with van der Waals surface area (Å²) in [5.74, 6) is -2.41. The first-order chi connectivity index (χ1) is 9.03. The first-order valence-electron chi connectivity index (χ1n) is 5.08. The fraction of sp³-hybridized carbons (Fsp3) is 0.300. The van der Waals surface area contributed by atoms with E-state index in [0.717, 1.165) is 7.05 Å². The van der Waals surface area contributed by atoms with Crippen molar-refractivity contribution in [3.63, 3.8) is 0 Å². The van der Waals surface area contributed by atoms with Gasteiger partial charge < -0.3 is 10.6 Å². The van der Waals surface area contributed by atoms with Gasteiger partial charge in [0.15, 0.2) is 5.82 Å². The lowest BCUT2D eigenvalue weighted by atomic mass is 10.1. The monoisotopic (exact) mass is 295 g/mol. The van der Waals surface area contributed by atoms with E-state index in [-0.39, 0.29) is 4.90 Å². The van der Waals surface area contributed by atoms with Gasteiger partial charge in [0.05, 0.1) is 16.7 Å². The number of benzene rings is 1. The number of nitrogens with two attached hydrogens (primary N) is 1. The Hall–Kier alpha value is -2.39. The predicted molar refractivity (Wildman–Crippen MR) is 60.5 cm³/mol. The van der Waals surface area contributed by atoms with Crippen LogP contribution in [0.25, 0.3) is 0 Å². The van der Waals surface area contributed by atoms with Gasteiger partial charge in [0.25, 0.3) is 11.6 Å². The highest BCUT2D eigenvalue weighted by molar-refractivity contribution is 5.99. The fourth-order valence-corrected chi connectivity index (χ4v) is 1.45. The number of rotatable bonds is 3. The molecular formula is C10H9F4N3O3. The second-order valence-electron chi connectivity index (χ2n) is 3.92. The minimum absolute atomic E-state index is 0.236. The molecule has 0 fully saturated rings. The van der Waals surface area contributed by atoms with Gasteiger partial charge in [-0.2, -0.15) is 13.2 Å². The number of carbonyl (C=O) groups excluding carboxylic acids is 1. The molecule has 0 aliphatic carbocycles. The van der Waals surface area contributed by atoms with Crippen LogP contribution in [-0.2, 0) is 0 Å². The molecule has 0 heterocycles. The zero-order chi connectivity index (χ0) is 15.7. The molecule has 0 unspecified atom stereocenters. The summed E-state index contributed by atoms with van der Waals surface area (Å²) in [6, 6.07) is 1.03. The number of anilines is 1. The summed E-state index contributed by atoms with van der Waals surface area (Å²) in [5.41, 5.74) is 2.94. The summed E-state index contributed by atoms with van der Waals surface area (Å²) in [4.78, 5) is 21.6. The Balaban J connectivity index is 3.21. The molecule has 0 bridgehead atoms. The minimum Gasteiger partial charge on any atom is -0.396 e. The van der Waals surface area contributed by atoms with E-state index in [0.29, 0.717) is 12.1 Å². The molecule has 20 heavy (non-hydrogen) atoms. The van der Waals surface area contributed by atoms with Crippen molar-refractivity contribution in [1.29, 1.82) is 0 Å². The van der Waals surface area contributed by atoms with Crippen LogP contribution in [0.15, 0.2) is 12.1 Å². The number of nitrogen functional groups attached to an aromatic ring is 1. The van der Waals surface area contributed by atoms with Gasteiger partial charge >= 0.3 is 6.18 Å². The summed E-state index contributed by atoms with van der Waals surface area (Å²) in [5, 5.41) is 10.7. The van der Waals surface area contributed by atoms with Crippen molar-refractivity contribution in [3.8, 4) is 0 Å². The van der Waals surface area contributed by atoms with Crippen LogP contribution in [-0.4, -0.2) is 35.5 Å². The number of alkyl halides is 3. The SMILES string of the molecule is CN(CC(F)(F)F)C(=O)c1cc(N)c(F)cc1[N+](=O)[O-]. The molecule has 0 saturated carbocycles. The Labute approximate surface area is 109 Å². The second-order valence-corrected chi connectivity index (χ2v) is 3.92. The highest BCUT2D eigenvalue weighted by Crippen LogP contribution is 2.26. The molecule has 0 aromatic heterocycles. The Morgan fingerprint density at radius 3 is 2.45 bits per heavy atom. The van der Waals surface area contributed by atoms with E-state index >= 15 is 0 Å². The number of carbonyl (C=O) groups is 1. The van der Waals surface area contributed by atoms with Crippen molar-refractivity contribution in [1.82, 2.24) is 4.90 Å². The van der Waals surface area contributed by atoms with Gasteiger partial charge in [-0.3, -0.25) is 14.9 Å². The van der Waals surface area contributed by atoms with Gasteiger partial charge in [-0.05, 0) is 6.07 Å². The summed E-state index contributed by atoms with van der Waals surface area (Å²) < 4.78 is 49.6. The average molecular weight is 295 g/mol. The molecule has 0 radical (unpaired) electrons. The van der Waals surface area contributed by atoms with Crippen LogP contribution in [0.4, 0.5) is 28.9 Å². The number of nitro groups is 1. The molecule has 1 rings (SSSR count). The van der Waals surface area contributed by atoms with Crippen molar-refractivity contribution < 1.29 is 27.3 Å². The summed E-state index contributed by atoms with van der Waals surface area (Å²) in [7, 11) is 0.819. The molecule has 0 aliphatic heterocycles. The molecule has 110 valence electrons. The highest BCUT2D eigenvalue weighted by atomic mass is 19.4. The van der Waals surface area contributed by atoms with Gasteiger partial charge in [0, 0.05) is 7.05 Å². The quantitative estimate of drug-likeness (QED) is 0.399. The first-order valence-corrected chi connectivity index (χ1v) is 5.08. The molecule has 0 spiro atoms. The maximum Gasteiger partial charge on any atom is 0.406 e. The Kier molecular flexibility index (Phi) is 4.16. The maximum atomic E-state index is 13.1. The van der Waals surface area contributed by atoms with E-state index in [1.165, 1.54) is 0 Å². The van der Waals surface area contributed by atoms with E-state index in [1.807, 2.05) is 0 Å². The van der Waals surface area contributed by atoms with Gasteiger partial charge in [0.1, 0.15) is 12.1 Å². The van der Waals surface area contributed by atoms with Gasteiger partial charge in [0.2, 0.25) is 0 Å². The Morgan fingerprint density at radius 2 is 2.00 bits per heavy atom. The van der Waals surface area contributed by atoms with Crippen LogP contribution in [0.2, 0.25) is 0 Å². The molecular weight excluding hydrogens is 286 g/mol. The third-order valence-corrected chi connectivity index (χ3v) is 2.31. The first kappa shape index (κ1) is 15.7. The van der Waals surface area contributed by atoms with Crippen LogP contribution in [0.1, 0.15) is 10.4 Å². The zero-order valence-corrected chi connectivity index (χ0v) is 10.1. The number of amides is 1. The van der Waals surface area contributed by atoms with E-state index in [2.05, 4.69) is 0 Å². The van der Waals surface area contributed by atoms with Crippen molar-refractivity contribution >= 4 is 17.3 Å². The molecule has 10 heteroatoms. The Morgan fingerprint density at radius 1 is 1.45 bits per heavy atom. The standard InChI is InChI=1S/C10H9F4N3O3/c1-16(4-10(12,13)14)9(18)5-2-7(15)6(11)3-8(5)17(19)20/h2-3H,4,15H2,1H3. The Bertz CT molecular complexity index is 559. The number of nitro benzene ring substituents is 1. The normalized spacial score (nSPS) is 11.2. The molecule has 1 aromatic rings. The lowest BCUT2D eigenvalue weighted by Crippen LogP contribution is -2.36. The van der Waals surface area contributed by atoms with E-state index in [4.69, 9.17) is 5.73 Å². The molecule has 0 saturated heterocycles. The van der Waals surface area contributed by atoms with Crippen LogP contribution < -0.4 is 5.73 Å². The minimum atomic E-state index is -4.66. The van der Waals surface area contributed by atoms with Crippen LogP contribution in [0.5, 0.6) is 0 Å². The third kappa shape index (κ3) is 3.56. The number of nitrogens with zero attached hydrogens (tertiary/aromatic N) is 2. The highest BCUT2D eigenvalue weighted by Gasteiger charge is 2.33. The van der Waals surface area contributed by atoms with Crippen molar-refractivity contribution in [2.24, 2.45) is 0 Å². The largest absolute Gasteiger partial charge is 0.406 e. The topological polar surface area (TPSA) is 89.5 Å². The number of hydrogen-bond acceptors (Lipinski definition) is 4. The summed E-state index contributed by atoms with van der Waals surface area (Å²) in [6.45, 7) is -1.60. The van der Waals surface area contributed by atoms with Gasteiger partial charge in [-0.1, -0.05) is 0 Å². The molecule has 1 amide bonds. The number of halogens is 4. The third-order valence-electron chi connectivity index (χ3n) is 2.31. The van der Waals surface area contributed by atoms with E-state index in [1.54, 1.807) is 0 Å². The molecule has 0 aliphatic rings. The van der Waals surface area contributed by atoms with Crippen molar-refractivity contribution in [3.05, 3.63) is 33.6 Å². The van der Waals surface area contributed by atoms with E-state index in [9.17, 15) is 32.5 Å². The zero-order valence-electron chi connectivity index (χ0n) is 10.1. The summed E-state index contributed by atoms with van der Waals surface area (Å²) >= 11 is 0. The predicted octanol–water partition coefficient (Wildman–Crippen LogP) is 1.95. The molecule has 2 N–H and O–H groups in total. The van der Waals surface area contributed by atoms with Crippen LogP contribution in [0.3, 0.4) is 0 Å².